The normalized spacial score (nSPS) is 13.4. The Labute approximate surface area is 180 Å². The summed E-state index contributed by atoms with van der Waals surface area (Å²) < 4.78 is 2.59. The second kappa shape index (κ2) is 7.62. The van der Waals surface area contributed by atoms with Gasteiger partial charge < -0.3 is 10.2 Å². The van der Waals surface area contributed by atoms with Gasteiger partial charge in [-0.15, -0.1) is 22.7 Å². The molecule has 0 atom stereocenters. The van der Waals surface area contributed by atoms with Gasteiger partial charge in [-0.3, -0.25) is 9.59 Å². The van der Waals surface area contributed by atoms with Crippen LogP contribution in [-0.2, 0) is 29.1 Å². The molecule has 0 bridgehead atoms. The van der Waals surface area contributed by atoms with Crippen molar-refractivity contribution in [1.29, 1.82) is 0 Å². The number of thiazole rings is 1. The number of fused-ring (bicyclic) bond motifs is 2. The number of aromatic nitrogens is 4. The topological polar surface area (TPSA) is 93.0 Å². The first-order chi connectivity index (χ1) is 14.6. The van der Waals surface area contributed by atoms with Crippen molar-refractivity contribution < 1.29 is 9.59 Å². The molecule has 1 N–H and O–H groups in total. The Morgan fingerprint density at radius 2 is 2.10 bits per heavy atom. The Morgan fingerprint density at radius 1 is 1.23 bits per heavy atom. The summed E-state index contributed by atoms with van der Waals surface area (Å²) in [7, 11) is 0. The SMILES string of the molecule is CC(=O)N1CCc2c(sc(NC(=O)Cn3cncn3)c2-c2nc3ccccc3s2)C1. The van der Waals surface area contributed by atoms with E-state index in [0.29, 0.717) is 13.1 Å². The predicted octanol–water partition coefficient (Wildman–Crippen LogP) is 3.16. The molecule has 4 aromatic rings. The maximum Gasteiger partial charge on any atom is 0.246 e. The Kier molecular flexibility index (Phi) is 4.80. The molecule has 2 amide bonds. The van der Waals surface area contributed by atoms with Crippen molar-refractivity contribution >= 4 is 49.7 Å². The molecule has 3 aromatic heterocycles. The molecule has 1 aliphatic rings. The highest BCUT2D eigenvalue weighted by molar-refractivity contribution is 7.22. The molecule has 0 unspecified atom stereocenters. The predicted molar refractivity (Wildman–Crippen MR) is 116 cm³/mol. The maximum absolute atomic E-state index is 12.6. The summed E-state index contributed by atoms with van der Waals surface area (Å²) in [5.74, 6) is -0.114. The van der Waals surface area contributed by atoms with E-state index in [2.05, 4.69) is 21.5 Å². The fourth-order valence-electron chi connectivity index (χ4n) is 3.59. The third kappa shape index (κ3) is 3.48. The number of nitrogens with one attached hydrogen (secondary N) is 1. The lowest BCUT2D eigenvalue weighted by molar-refractivity contribution is -0.129. The number of para-hydroxylation sites is 1. The van der Waals surface area contributed by atoms with Gasteiger partial charge in [0, 0.05) is 23.9 Å². The minimum Gasteiger partial charge on any atom is -0.337 e. The first-order valence-electron chi connectivity index (χ1n) is 9.47. The molecule has 10 heteroatoms. The van der Waals surface area contributed by atoms with Gasteiger partial charge in [-0.1, -0.05) is 12.1 Å². The summed E-state index contributed by atoms with van der Waals surface area (Å²) in [5, 5.41) is 8.71. The zero-order valence-electron chi connectivity index (χ0n) is 16.2. The van der Waals surface area contributed by atoms with Crippen LogP contribution < -0.4 is 5.32 Å². The molecule has 0 fully saturated rings. The van der Waals surface area contributed by atoms with Crippen LogP contribution in [-0.4, -0.2) is 43.0 Å². The van der Waals surface area contributed by atoms with Gasteiger partial charge >= 0.3 is 0 Å². The van der Waals surface area contributed by atoms with E-state index in [1.54, 1.807) is 18.3 Å². The molecule has 30 heavy (non-hydrogen) atoms. The van der Waals surface area contributed by atoms with Crippen molar-refractivity contribution in [3.8, 4) is 10.6 Å². The minimum atomic E-state index is -0.176. The summed E-state index contributed by atoms with van der Waals surface area (Å²) in [6.07, 6.45) is 3.66. The highest BCUT2D eigenvalue weighted by Gasteiger charge is 2.28. The molecule has 0 spiro atoms. The molecule has 152 valence electrons. The second-order valence-corrected chi connectivity index (χ2v) is 9.16. The van der Waals surface area contributed by atoms with Gasteiger partial charge in [0.15, 0.2) is 0 Å². The Morgan fingerprint density at radius 3 is 2.87 bits per heavy atom. The van der Waals surface area contributed by atoms with Crippen molar-refractivity contribution in [3.05, 3.63) is 47.4 Å². The highest BCUT2D eigenvalue weighted by Crippen LogP contribution is 2.45. The summed E-state index contributed by atoms with van der Waals surface area (Å²) in [6.45, 7) is 2.91. The lowest BCUT2D eigenvalue weighted by Crippen LogP contribution is -2.33. The summed E-state index contributed by atoms with van der Waals surface area (Å²) >= 11 is 3.14. The number of benzene rings is 1. The van der Waals surface area contributed by atoms with E-state index in [9.17, 15) is 9.59 Å². The van der Waals surface area contributed by atoms with E-state index in [4.69, 9.17) is 4.98 Å². The van der Waals surface area contributed by atoms with E-state index >= 15 is 0 Å². The molecule has 0 saturated heterocycles. The third-order valence-electron chi connectivity index (χ3n) is 5.04. The number of hydrogen-bond donors (Lipinski definition) is 1. The summed E-state index contributed by atoms with van der Waals surface area (Å²) in [5.41, 5.74) is 3.09. The number of hydrogen-bond acceptors (Lipinski definition) is 7. The first kappa shape index (κ1) is 18.9. The van der Waals surface area contributed by atoms with Crippen LogP contribution in [0, 0.1) is 0 Å². The van der Waals surface area contributed by atoms with Crippen LogP contribution in [0.5, 0.6) is 0 Å². The Hall–Kier alpha value is -3.11. The number of carbonyl (C=O) groups is 2. The molecular formula is C20H18N6O2S2. The van der Waals surface area contributed by atoms with E-state index in [0.717, 1.165) is 37.1 Å². The van der Waals surface area contributed by atoms with Gasteiger partial charge in [-0.25, -0.2) is 14.6 Å². The molecular weight excluding hydrogens is 420 g/mol. The van der Waals surface area contributed by atoms with E-state index in [1.807, 2.05) is 23.1 Å². The van der Waals surface area contributed by atoms with Crippen LogP contribution in [0.3, 0.4) is 0 Å². The summed E-state index contributed by atoms with van der Waals surface area (Å²) in [4.78, 5) is 36.2. The standard InChI is InChI=1S/C20H18N6O2S2/c1-12(27)25-7-6-13-16(8-25)30-20(24-17(28)9-26-11-21-10-22-26)18(13)19-23-14-4-2-3-5-15(14)29-19/h2-5,10-11H,6-9H2,1H3,(H,24,28). The average Bonchev–Trinajstić information content (AvgIpc) is 3.44. The average molecular weight is 439 g/mol. The van der Waals surface area contributed by atoms with Crippen molar-refractivity contribution in [3.63, 3.8) is 0 Å². The molecule has 8 nitrogen and oxygen atoms in total. The number of anilines is 1. The lowest BCUT2D eigenvalue weighted by atomic mass is 10.0. The zero-order valence-corrected chi connectivity index (χ0v) is 17.8. The Bertz CT molecular complexity index is 1210. The van der Waals surface area contributed by atoms with Gasteiger partial charge in [0.1, 0.15) is 29.2 Å². The van der Waals surface area contributed by atoms with Gasteiger partial charge in [-0.2, -0.15) is 5.10 Å². The molecule has 1 aromatic carbocycles. The van der Waals surface area contributed by atoms with Crippen LogP contribution in [0.15, 0.2) is 36.9 Å². The van der Waals surface area contributed by atoms with Crippen molar-refractivity contribution in [2.75, 3.05) is 11.9 Å². The van der Waals surface area contributed by atoms with Crippen molar-refractivity contribution in [2.24, 2.45) is 0 Å². The van der Waals surface area contributed by atoms with Gasteiger partial charge in [0.25, 0.3) is 0 Å². The maximum atomic E-state index is 12.6. The quantitative estimate of drug-likeness (QED) is 0.528. The number of amides is 2. The smallest absolute Gasteiger partial charge is 0.246 e. The molecule has 0 radical (unpaired) electrons. The van der Waals surface area contributed by atoms with E-state index in [-0.39, 0.29) is 18.4 Å². The molecule has 1 aliphatic heterocycles. The fraction of sp³-hybridized carbons (Fsp3) is 0.250. The van der Waals surface area contributed by atoms with Gasteiger partial charge in [0.05, 0.1) is 16.8 Å². The summed E-state index contributed by atoms with van der Waals surface area (Å²) in [6, 6.07) is 8.02. The number of carbonyl (C=O) groups excluding carboxylic acids is 2. The van der Waals surface area contributed by atoms with Crippen LogP contribution in [0.1, 0.15) is 17.4 Å². The molecule has 5 rings (SSSR count). The van der Waals surface area contributed by atoms with Gasteiger partial charge in [0.2, 0.25) is 11.8 Å². The minimum absolute atomic E-state index is 0.0624. The monoisotopic (exact) mass is 438 g/mol. The third-order valence-corrected chi connectivity index (χ3v) is 7.22. The number of nitrogens with zero attached hydrogens (tertiary/aromatic N) is 5. The largest absolute Gasteiger partial charge is 0.337 e. The number of thiophene rings is 1. The first-order valence-corrected chi connectivity index (χ1v) is 11.1. The van der Waals surface area contributed by atoms with Crippen LogP contribution in [0.4, 0.5) is 5.00 Å². The van der Waals surface area contributed by atoms with E-state index < -0.39 is 0 Å². The van der Waals surface area contributed by atoms with Gasteiger partial charge in [-0.05, 0) is 24.1 Å². The molecule has 0 saturated carbocycles. The van der Waals surface area contributed by atoms with Crippen LogP contribution in [0.25, 0.3) is 20.8 Å². The lowest BCUT2D eigenvalue weighted by Gasteiger charge is -2.26. The molecule has 4 heterocycles. The fourth-order valence-corrected chi connectivity index (χ4v) is 5.98. The van der Waals surface area contributed by atoms with Crippen LogP contribution >= 0.6 is 22.7 Å². The zero-order chi connectivity index (χ0) is 20.7. The molecule has 0 aliphatic carbocycles. The van der Waals surface area contributed by atoms with E-state index in [1.165, 1.54) is 34.2 Å². The Balaban J connectivity index is 1.54. The van der Waals surface area contributed by atoms with Crippen molar-refractivity contribution in [2.45, 2.75) is 26.4 Å². The van der Waals surface area contributed by atoms with Crippen molar-refractivity contribution in [1.82, 2.24) is 24.6 Å². The highest BCUT2D eigenvalue weighted by atomic mass is 32.1. The van der Waals surface area contributed by atoms with Crippen LogP contribution in [0.2, 0.25) is 0 Å². The second-order valence-electron chi connectivity index (χ2n) is 7.03. The number of rotatable bonds is 4.